The molecule has 0 aromatic heterocycles. The molecule has 1 heterocycles. The molecule has 0 aliphatic carbocycles. The van der Waals surface area contributed by atoms with Gasteiger partial charge in [0.05, 0.1) is 5.88 Å². The van der Waals surface area contributed by atoms with E-state index >= 15 is 0 Å². The number of hydrogen-bond donors (Lipinski definition) is 1. The van der Waals surface area contributed by atoms with Crippen LogP contribution in [0.2, 0.25) is 0 Å². The van der Waals surface area contributed by atoms with Crippen molar-refractivity contribution >= 4 is 23.6 Å². The van der Waals surface area contributed by atoms with E-state index in [2.05, 4.69) is 31.3 Å². The van der Waals surface area contributed by atoms with Crippen molar-refractivity contribution in [1.29, 1.82) is 0 Å². The molecule has 26 heavy (non-hydrogen) atoms. The fourth-order valence-electron chi connectivity index (χ4n) is 3.02. The van der Waals surface area contributed by atoms with Crippen molar-refractivity contribution in [1.82, 2.24) is 10.2 Å². The summed E-state index contributed by atoms with van der Waals surface area (Å²) in [6.45, 7) is 4.75. The van der Waals surface area contributed by atoms with Gasteiger partial charge < -0.3 is 10.2 Å². The maximum Gasteiger partial charge on any atom is 0.255 e. The molecule has 0 spiro atoms. The molecule has 1 aliphatic rings. The van der Waals surface area contributed by atoms with Crippen LogP contribution in [0.25, 0.3) is 0 Å². The third-order valence-electron chi connectivity index (χ3n) is 4.73. The number of hydrogen-bond acceptors (Lipinski definition) is 3. The maximum atomic E-state index is 12.8. The number of thioether (sulfide) groups is 1. The van der Waals surface area contributed by atoms with Gasteiger partial charge in [-0.05, 0) is 17.7 Å². The third kappa shape index (κ3) is 4.10. The summed E-state index contributed by atoms with van der Waals surface area (Å²) in [7, 11) is 0. The average Bonchev–Trinajstić information content (AvgIpc) is 3.17. The molecular weight excluding hydrogens is 344 g/mol. The van der Waals surface area contributed by atoms with E-state index in [0.717, 1.165) is 0 Å². The van der Waals surface area contributed by atoms with Crippen molar-refractivity contribution in [2.45, 2.75) is 25.3 Å². The van der Waals surface area contributed by atoms with Gasteiger partial charge >= 0.3 is 0 Å². The molecule has 1 aliphatic heterocycles. The molecule has 1 fully saturated rings. The van der Waals surface area contributed by atoms with Crippen LogP contribution in [0.1, 0.15) is 29.8 Å². The van der Waals surface area contributed by atoms with E-state index in [0.29, 0.717) is 23.7 Å². The molecule has 1 unspecified atom stereocenters. The Labute approximate surface area is 159 Å². The van der Waals surface area contributed by atoms with E-state index in [9.17, 15) is 9.59 Å². The zero-order valence-corrected chi connectivity index (χ0v) is 16.0. The van der Waals surface area contributed by atoms with Crippen LogP contribution < -0.4 is 5.32 Å². The predicted octanol–water partition coefficient (Wildman–Crippen LogP) is 3.30. The number of benzene rings is 2. The quantitative estimate of drug-likeness (QED) is 0.881. The van der Waals surface area contributed by atoms with Crippen molar-refractivity contribution in [3.63, 3.8) is 0 Å². The van der Waals surface area contributed by atoms with Crippen LogP contribution in [-0.4, -0.2) is 40.9 Å². The minimum atomic E-state index is -0.417. The average molecular weight is 369 g/mol. The summed E-state index contributed by atoms with van der Waals surface area (Å²) >= 11 is 1.62. The summed E-state index contributed by atoms with van der Waals surface area (Å²) in [5, 5.41) is 3.05. The molecule has 2 amide bonds. The first-order valence-corrected chi connectivity index (χ1v) is 9.91. The van der Waals surface area contributed by atoms with Crippen molar-refractivity contribution in [2.24, 2.45) is 0 Å². The summed E-state index contributed by atoms with van der Waals surface area (Å²) in [4.78, 5) is 27.1. The number of amides is 2. The van der Waals surface area contributed by atoms with Gasteiger partial charge in [-0.3, -0.25) is 9.59 Å². The Hall–Kier alpha value is -2.27. The Morgan fingerprint density at radius 1 is 1.08 bits per heavy atom. The van der Waals surface area contributed by atoms with Crippen molar-refractivity contribution < 1.29 is 9.59 Å². The molecule has 3 rings (SSSR count). The summed E-state index contributed by atoms with van der Waals surface area (Å²) in [5.74, 6) is 1.02. The number of nitrogens with zero attached hydrogens (tertiary/aromatic N) is 1. The van der Waals surface area contributed by atoms with Gasteiger partial charge in [0, 0.05) is 23.3 Å². The molecule has 1 N–H and O–H groups in total. The first-order valence-electron chi connectivity index (χ1n) is 8.76. The molecule has 0 radical (unpaired) electrons. The van der Waals surface area contributed by atoms with Gasteiger partial charge in [-0.25, -0.2) is 0 Å². The van der Waals surface area contributed by atoms with E-state index < -0.39 is 6.04 Å². The fourth-order valence-corrected chi connectivity index (χ4v) is 4.18. The minimum Gasteiger partial charge on any atom is -0.353 e. The maximum absolute atomic E-state index is 12.8. The molecule has 2 aromatic carbocycles. The van der Waals surface area contributed by atoms with Gasteiger partial charge in [-0.1, -0.05) is 62.4 Å². The summed E-state index contributed by atoms with van der Waals surface area (Å²) < 4.78 is 0. The first-order chi connectivity index (χ1) is 12.5. The van der Waals surface area contributed by atoms with Crippen molar-refractivity contribution in [3.8, 4) is 0 Å². The Morgan fingerprint density at radius 3 is 2.35 bits per heavy atom. The van der Waals surface area contributed by atoms with Crippen molar-refractivity contribution in [2.75, 3.05) is 18.2 Å². The third-order valence-corrected chi connectivity index (χ3v) is 5.74. The number of carbonyl (C=O) groups excluding carboxylic acids is 2. The second-order valence-corrected chi connectivity index (χ2v) is 8.12. The Bertz CT molecular complexity index is 762. The molecule has 0 bridgehead atoms. The standard InChI is InChI=1S/C21H24N2O2S/c1-21(2,17-11-7-4-8-12-17)14-22-19(24)18-13-26-15-23(18)20(25)16-9-5-3-6-10-16/h3-12,18H,13-15H2,1-2H3,(H,22,24). The number of rotatable bonds is 5. The lowest BCUT2D eigenvalue weighted by atomic mass is 9.84. The minimum absolute atomic E-state index is 0.0803. The lowest BCUT2D eigenvalue weighted by Crippen LogP contribution is -2.49. The van der Waals surface area contributed by atoms with Crippen molar-refractivity contribution in [3.05, 3.63) is 71.8 Å². The SMILES string of the molecule is CC(C)(CNC(=O)C1CSCN1C(=O)c1ccccc1)c1ccccc1. The van der Waals surface area contributed by atoms with Gasteiger partial charge in [0.1, 0.15) is 6.04 Å². The lowest BCUT2D eigenvalue weighted by Gasteiger charge is -2.28. The molecule has 1 atom stereocenters. The monoisotopic (exact) mass is 368 g/mol. The van der Waals surface area contributed by atoms with Crippen LogP contribution in [0, 0.1) is 0 Å². The molecule has 4 nitrogen and oxygen atoms in total. The Kier molecular flexibility index (Phi) is 5.67. The summed E-state index contributed by atoms with van der Waals surface area (Å²) in [5.41, 5.74) is 1.63. The Morgan fingerprint density at radius 2 is 1.69 bits per heavy atom. The van der Waals surface area contributed by atoms with Gasteiger partial charge in [0.15, 0.2) is 0 Å². The second kappa shape index (κ2) is 7.96. The largest absolute Gasteiger partial charge is 0.353 e. The lowest BCUT2D eigenvalue weighted by molar-refractivity contribution is -0.124. The van der Waals surface area contributed by atoms with Crippen LogP contribution >= 0.6 is 11.8 Å². The number of nitrogens with one attached hydrogen (secondary N) is 1. The zero-order valence-electron chi connectivity index (χ0n) is 15.1. The van der Waals surface area contributed by atoms with Crippen LogP contribution in [0.4, 0.5) is 0 Å². The Balaban J connectivity index is 1.64. The predicted molar refractivity (Wildman–Crippen MR) is 106 cm³/mol. The second-order valence-electron chi connectivity index (χ2n) is 7.12. The van der Waals surface area contributed by atoms with E-state index in [1.807, 2.05) is 36.4 Å². The normalized spacial score (nSPS) is 17.2. The van der Waals surface area contributed by atoms with Gasteiger partial charge in [0.2, 0.25) is 5.91 Å². The highest BCUT2D eigenvalue weighted by Crippen LogP contribution is 2.25. The van der Waals surface area contributed by atoms with Gasteiger partial charge in [-0.2, -0.15) is 0 Å². The molecular formula is C21H24N2O2S. The van der Waals surface area contributed by atoms with Crippen LogP contribution in [0.5, 0.6) is 0 Å². The van der Waals surface area contributed by atoms with E-state index in [4.69, 9.17) is 0 Å². The summed E-state index contributed by atoms with van der Waals surface area (Å²) in [6, 6.07) is 18.9. The van der Waals surface area contributed by atoms with Crippen LogP contribution in [0.3, 0.4) is 0 Å². The highest BCUT2D eigenvalue weighted by atomic mass is 32.2. The van der Waals surface area contributed by atoms with E-state index in [1.54, 1.807) is 28.8 Å². The van der Waals surface area contributed by atoms with E-state index in [1.165, 1.54) is 5.56 Å². The first kappa shape index (κ1) is 18.5. The highest BCUT2D eigenvalue weighted by molar-refractivity contribution is 7.99. The topological polar surface area (TPSA) is 49.4 Å². The molecule has 136 valence electrons. The zero-order chi connectivity index (χ0) is 18.6. The molecule has 5 heteroatoms. The van der Waals surface area contributed by atoms with Crippen LogP contribution in [0.15, 0.2) is 60.7 Å². The van der Waals surface area contributed by atoms with Gasteiger partial charge in [0.25, 0.3) is 5.91 Å². The fraction of sp³-hybridized carbons (Fsp3) is 0.333. The molecule has 1 saturated heterocycles. The number of carbonyl (C=O) groups is 2. The van der Waals surface area contributed by atoms with Gasteiger partial charge in [-0.15, -0.1) is 11.8 Å². The molecule has 0 saturated carbocycles. The highest BCUT2D eigenvalue weighted by Gasteiger charge is 2.35. The van der Waals surface area contributed by atoms with Crippen LogP contribution in [-0.2, 0) is 10.2 Å². The smallest absolute Gasteiger partial charge is 0.255 e. The molecule has 2 aromatic rings. The van der Waals surface area contributed by atoms with E-state index in [-0.39, 0.29) is 17.2 Å². The summed E-state index contributed by atoms with van der Waals surface area (Å²) in [6.07, 6.45) is 0.